The molecule has 2 aromatic heterocycles. The van der Waals surface area contributed by atoms with E-state index in [-0.39, 0.29) is 5.56 Å². The Labute approximate surface area is 108 Å². The summed E-state index contributed by atoms with van der Waals surface area (Å²) in [5.41, 5.74) is 1.11. The summed E-state index contributed by atoms with van der Waals surface area (Å²) in [5.74, 6) is -1.23. The molecule has 0 radical (unpaired) electrons. The monoisotopic (exact) mass is 265 g/mol. The fraction of sp³-hybridized carbons (Fsp3) is 0.0833. The third kappa shape index (κ3) is 2.62. The Morgan fingerprint density at radius 1 is 1.44 bits per heavy atom. The van der Waals surface area contributed by atoms with E-state index in [1.54, 1.807) is 13.0 Å². The van der Waals surface area contributed by atoms with Gasteiger partial charge in [-0.05, 0) is 24.6 Å². The van der Waals surface area contributed by atoms with Crippen LogP contribution < -0.4 is 5.32 Å². The second-order valence-electron chi connectivity index (χ2n) is 3.64. The maximum atomic E-state index is 13.3. The topological polar surface area (TPSA) is 54.9 Å². The highest BCUT2D eigenvalue weighted by Crippen LogP contribution is 2.17. The lowest BCUT2D eigenvalue weighted by Gasteiger charge is -2.06. The number of halogens is 2. The molecule has 92 valence electrons. The van der Waals surface area contributed by atoms with Crippen LogP contribution in [0.4, 0.5) is 10.1 Å². The Balaban J connectivity index is 2.22. The van der Waals surface area contributed by atoms with Crippen molar-refractivity contribution in [1.29, 1.82) is 0 Å². The van der Waals surface area contributed by atoms with Gasteiger partial charge in [0.25, 0.3) is 5.91 Å². The molecule has 2 heterocycles. The van der Waals surface area contributed by atoms with E-state index in [1.807, 2.05) is 0 Å². The normalized spacial score (nSPS) is 10.2. The van der Waals surface area contributed by atoms with Crippen LogP contribution in [0.5, 0.6) is 0 Å². The molecule has 2 aromatic rings. The fourth-order valence-electron chi connectivity index (χ4n) is 1.38. The molecule has 0 aliphatic heterocycles. The first-order valence-electron chi connectivity index (χ1n) is 5.11. The number of carbonyl (C=O) groups excluding carboxylic acids is 1. The van der Waals surface area contributed by atoms with Gasteiger partial charge in [0, 0.05) is 6.20 Å². The van der Waals surface area contributed by atoms with Crippen molar-refractivity contribution in [3.63, 3.8) is 0 Å². The van der Waals surface area contributed by atoms with Crippen LogP contribution in [-0.2, 0) is 0 Å². The summed E-state index contributed by atoms with van der Waals surface area (Å²) in [5, 5.41) is 2.90. The number of carbonyl (C=O) groups is 1. The Kier molecular flexibility index (Phi) is 3.53. The predicted molar refractivity (Wildman–Crippen MR) is 66.1 cm³/mol. The van der Waals surface area contributed by atoms with Crippen LogP contribution in [0.2, 0.25) is 5.15 Å². The number of aryl methyl sites for hydroxylation is 1. The van der Waals surface area contributed by atoms with Crippen molar-refractivity contribution in [3.8, 4) is 0 Å². The summed E-state index contributed by atoms with van der Waals surface area (Å²) < 4.78 is 13.3. The van der Waals surface area contributed by atoms with Gasteiger partial charge in [0.15, 0.2) is 5.82 Å². The van der Waals surface area contributed by atoms with Crippen molar-refractivity contribution in [1.82, 2.24) is 9.97 Å². The minimum atomic E-state index is -0.673. The molecular formula is C12H9ClFN3O. The van der Waals surface area contributed by atoms with Crippen LogP contribution >= 0.6 is 11.6 Å². The average molecular weight is 266 g/mol. The molecule has 4 nitrogen and oxygen atoms in total. The molecule has 18 heavy (non-hydrogen) atoms. The van der Waals surface area contributed by atoms with Crippen LogP contribution in [0.1, 0.15) is 15.9 Å². The van der Waals surface area contributed by atoms with Crippen LogP contribution in [-0.4, -0.2) is 15.9 Å². The van der Waals surface area contributed by atoms with Crippen molar-refractivity contribution in [2.45, 2.75) is 6.92 Å². The second kappa shape index (κ2) is 5.10. The average Bonchev–Trinajstić information content (AvgIpc) is 2.34. The third-order valence-electron chi connectivity index (χ3n) is 2.29. The molecule has 0 fully saturated rings. The van der Waals surface area contributed by atoms with Gasteiger partial charge in [-0.3, -0.25) is 9.78 Å². The number of nitrogens with one attached hydrogen (secondary N) is 1. The van der Waals surface area contributed by atoms with Gasteiger partial charge in [0.1, 0.15) is 5.15 Å². The van der Waals surface area contributed by atoms with E-state index < -0.39 is 11.7 Å². The largest absolute Gasteiger partial charge is 0.320 e. The molecule has 2 rings (SSSR count). The van der Waals surface area contributed by atoms with E-state index >= 15 is 0 Å². The highest BCUT2D eigenvalue weighted by Gasteiger charge is 2.11. The number of pyridine rings is 2. The third-order valence-corrected chi connectivity index (χ3v) is 2.69. The minimum Gasteiger partial charge on any atom is -0.320 e. The smallest absolute Gasteiger partial charge is 0.258 e. The van der Waals surface area contributed by atoms with E-state index in [1.165, 1.54) is 18.5 Å². The maximum Gasteiger partial charge on any atom is 0.258 e. The first-order chi connectivity index (χ1) is 8.58. The van der Waals surface area contributed by atoms with Crippen molar-refractivity contribution in [3.05, 3.63) is 52.8 Å². The van der Waals surface area contributed by atoms with E-state index in [2.05, 4.69) is 15.3 Å². The van der Waals surface area contributed by atoms with Gasteiger partial charge in [-0.1, -0.05) is 11.6 Å². The lowest BCUT2D eigenvalue weighted by molar-refractivity contribution is 0.102. The van der Waals surface area contributed by atoms with Crippen LogP contribution in [0, 0.1) is 12.7 Å². The first-order valence-corrected chi connectivity index (χ1v) is 5.48. The van der Waals surface area contributed by atoms with Gasteiger partial charge in [-0.15, -0.1) is 0 Å². The summed E-state index contributed by atoms with van der Waals surface area (Å²) in [6.45, 7) is 1.76. The number of aromatic nitrogens is 2. The van der Waals surface area contributed by atoms with E-state index in [9.17, 15) is 9.18 Å². The van der Waals surface area contributed by atoms with E-state index in [0.29, 0.717) is 10.8 Å². The molecular weight excluding hydrogens is 257 g/mol. The highest BCUT2D eigenvalue weighted by atomic mass is 35.5. The molecule has 6 heteroatoms. The number of rotatable bonds is 2. The highest BCUT2D eigenvalue weighted by molar-refractivity contribution is 6.30. The standard InChI is InChI=1S/C12H9ClFN3O/c1-7-4-8(5-16-11(7)13)17-12(18)9-2-3-15-6-10(9)14/h2-6H,1H3,(H,17,18). The lowest BCUT2D eigenvalue weighted by atomic mass is 10.2. The molecule has 0 spiro atoms. The Bertz CT molecular complexity index is 604. The summed E-state index contributed by atoms with van der Waals surface area (Å²) in [4.78, 5) is 19.3. The molecule has 0 unspecified atom stereocenters. The maximum absolute atomic E-state index is 13.3. The van der Waals surface area contributed by atoms with Crippen molar-refractivity contribution in [2.24, 2.45) is 0 Å². The van der Waals surface area contributed by atoms with Crippen LogP contribution in [0.25, 0.3) is 0 Å². The van der Waals surface area contributed by atoms with Gasteiger partial charge < -0.3 is 5.32 Å². The van der Waals surface area contributed by atoms with Crippen molar-refractivity contribution < 1.29 is 9.18 Å². The number of anilines is 1. The number of nitrogens with zero attached hydrogens (tertiary/aromatic N) is 2. The Hall–Kier alpha value is -2.01. The summed E-state index contributed by atoms with van der Waals surface area (Å²) in [6.07, 6.45) is 3.75. The van der Waals surface area contributed by atoms with Crippen LogP contribution in [0.3, 0.4) is 0 Å². The molecule has 0 aliphatic carbocycles. The zero-order valence-electron chi connectivity index (χ0n) is 9.45. The fourth-order valence-corrected chi connectivity index (χ4v) is 1.49. The summed E-state index contributed by atoms with van der Waals surface area (Å²) >= 11 is 5.77. The Morgan fingerprint density at radius 3 is 2.89 bits per heavy atom. The van der Waals surface area contributed by atoms with Gasteiger partial charge in [-0.2, -0.15) is 0 Å². The zero-order valence-corrected chi connectivity index (χ0v) is 10.2. The molecule has 0 saturated carbocycles. The SMILES string of the molecule is Cc1cc(NC(=O)c2ccncc2F)cnc1Cl. The van der Waals surface area contributed by atoms with Crippen molar-refractivity contribution >= 4 is 23.2 Å². The number of hydrogen-bond donors (Lipinski definition) is 1. The molecule has 0 bridgehead atoms. The molecule has 1 N–H and O–H groups in total. The Morgan fingerprint density at radius 2 is 2.22 bits per heavy atom. The summed E-state index contributed by atoms with van der Waals surface area (Å²) in [7, 11) is 0. The van der Waals surface area contributed by atoms with Crippen molar-refractivity contribution in [2.75, 3.05) is 5.32 Å². The number of amides is 1. The summed E-state index contributed by atoms with van der Waals surface area (Å²) in [6, 6.07) is 2.97. The lowest BCUT2D eigenvalue weighted by Crippen LogP contribution is -2.14. The van der Waals surface area contributed by atoms with Gasteiger partial charge in [0.05, 0.1) is 23.6 Å². The first kappa shape index (κ1) is 12.4. The molecule has 0 atom stereocenters. The van der Waals surface area contributed by atoms with E-state index in [0.717, 1.165) is 11.8 Å². The van der Waals surface area contributed by atoms with E-state index in [4.69, 9.17) is 11.6 Å². The van der Waals surface area contributed by atoms with Gasteiger partial charge in [0.2, 0.25) is 0 Å². The quantitative estimate of drug-likeness (QED) is 0.850. The molecule has 0 aromatic carbocycles. The van der Waals surface area contributed by atoms with Gasteiger partial charge >= 0.3 is 0 Å². The second-order valence-corrected chi connectivity index (χ2v) is 4.00. The minimum absolute atomic E-state index is 0.0717. The molecule has 0 saturated heterocycles. The molecule has 0 aliphatic rings. The van der Waals surface area contributed by atoms with Gasteiger partial charge in [-0.25, -0.2) is 9.37 Å². The molecule has 1 amide bonds. The number of hydrogen-bond acceptors (Lipinski definition) is 3. The predicted octanol–water partition coefficient (Wildman–Crippen LogP) is 2.83. The van der Waals surface area contributed by atoms with Crippen LogP contribution in [0.15, 0.2) is 30.7 Å². The zero-order chi connectivity index (χ0) is 13.1.